The molecule has 0 aliphatic carbocycles. The van der Waals surface area contributed by atoms with Gasteiger partial charge in [-0.15, -0.1) is 0 Å². The molecule has 0 aliphatic rings. The van der Waals surface area contributed by atoms with E-state index in [1.807, 2.05) is 13.8 Å². The van der Waals surface area contributed by atoms with E-state index in [2.05, 4.69) is 15.3 Å². The molecule has 0 atom stereocenters. The molecule has 6 nitrogen and oxygen atoms in total. The van der Waals surface area contributed by atoms with Crippen LogP contribution in [0.15, 0.2) is 11.0 Å². The maximum atomic E-state index is 11.6. The first kappa shape index (κ1) is 12.5. The molecule has 0 fully saturated rings. The maximum absolute atomic E-state index is 11.6. The van der Waals surface area contributed by atoms with E-state index in [4.69, 9.17) is 5.73 Å². The summed E-state index contributed by atoms with van der Waals surface area (Å²) in [6, 6.07) is 0. The second-order valence-corrected chi connectivity index (χ2v) is 3.91. The number of hydrogen-bond donors (Lipinski definition) is 4. The van der Waals surface area contributed by atoms with Crippen molar-refractivity contribution in [3.05, 3.63) is 22.4 Å². The Morgan fingerprint density at radius 2 is 2.12 bits per heavy atom. The third-order valence-corrected chi connectivity index (χ3v) is 2.85. The molecule has 0 saturated carbocycles. The van der Waals surface area contributed by atoms with Crippen molar-refractivity contribution in [2.45, 2.75) is 32.2 Å². The van der Waals surface area contributed by atoms with Crippen molar-refractivity contribution in [2.75, 3.05) is 6.54 Å². The van der Waals surface area contributed by atoms with Gasteiger partial charge in [0, 0.05) is 18.3 Å². The Bertz CT molecular complexity index is 403. The van der Waals surface area contributed by atoms with Gasteiger partial charge >= 0.3 is 5.69 Å². The van der Waals surface area contributed by atoms with Gasteiger partial charge in [0.05, 0.1) is 0 Å². The number of H-pyrrole nitrogens is 2. The lowest BCUT2D eigenvalue weighted by Gasteiger charge is -2.26. The van der Waals surface area contributed by atoms with Gasteiger partial charge in [-0.3, -0.25) is 4.79 Å². The van der Waals surface area contributed by atoms with E-state index in [0.717, 1.165) is 12.8 Å². The van der Waals surface area contributed by atoms with Crippen molar-refractivity contribution in [3.63, 3.8) is 0 Å². The zero-order valence-electron chi connectivity index (χ0n) is 9.59. The Balaban J connectivity index is 2.56. The van der Waals surface area contributed by atoms with Crippen LogP contribution in [0.5, 0.6) is 0 Å². The minimum atomic E-state index is -0.393. The first-order valence-corrected chi connectivity index (χ1v) is 5.35. The quantitative estimate of drug-likeness (QED) is 0.566. The van der Waals surface area contributed by atoms with E-state index in [1.54, 1.807) is 0 Å². The molecule has 1 aromatic rings. The minimum Gasteiger partial charge on any atom is -0.349 e. The lowest BCUT2D eigenvalue weighted by Crippen LogP contribution is -2.49. The van der Waals surface area contributed by atoms with Gasteiger partial charge in [-0.25, -0.2) is 4.79 Å². The van der Waals surface area contributed by atoms with Crippen molar-refractivity contribution in [1.82, 2.24) is 15.3 Å². The van der Waals surface area contributed by atoms with E-state index >= 15 is 0 Å². The molecule has 0 radical (unpaired) electrons. The van der Waals surface area contributed by atoms with Gasteiger partial charge < -0.3 is 21.0 Å². The van der Waals surface area contributed by atoms with Gasteiger partial charge in [-0.05, 0) is 12.8 Å². The number of nitrogens with two attached hydrogens (primary N) is 1. The summed E-state index contributed by atoms with van der Waals surface area (Å²) in [7, 11) is 0. The zero-order chi connectivity index (χ0) is 12.2. The van der Waals surface area contributed by atoms with E-state index in [-0.39, 0.29) is 17.1 Å². The summed E-state index contributed by atoms with van der Waals surface area (Å²) in [5.74, 6) is -0.324. The molecule has 1 aromatic heterocycles. The fourth-order valence-electron chi connectivity index (χ4n) is 1.31. The van der Waals surface area contributed by atoms with Crippen molar-refractivity contribution >= 4 is 5.91 Å². The normalized spacial score (nSPS) is 11.4. The van der Waals surface area contributed by atoms with Gasteiger partial charge in [0.25, 0.3) is 5.91 Å². The van der Waals surface area contributed by atoms with E-state index in [0.29, 0.717) is 6.54 Å². The molecule has 16 heavy (non-hydrogen) atoms. The molecule has 1 heterocycles. The largest absolute Gasteiger partial charge is 0.349 e. The molecular formula is C10H18N4O2. The monoisotopic (exact) mass is 226 g/mol. The van der Waals surface area contributed by atoms with Gasteiger partial charge in [-0.2, -0.15) is 0 Å². The first-order chi connectivity index (χ1) is 7.50. The van der Waals surface area contributed by atoms with Crippen LogP contribution in [0.2, 0.25) is 0 Å². The van der Waals surface area contributed by atoms with Crippen molar-refractivity contribution in [2.24, 2.45) is 5.73 Å². The smallest absolute Gasteiger partial charge is 0.323 e. The molecular weight excluding hydrogens is 208 g/mol. The van der Waals surface area contributed by atoms with E-state index < -0.39 is 5.69 Å². The van der Waals surface area contributed by atoms with E-state index in [1.165, 1.54) is 6.20 Å². The standard InChI is InChI=1S/C10H18N4O2/c1-3-10(11,4-2)6-13-8(15)7-5-12-9(16)14-7/h5H,3-4,6,11H2,1-2H3,(H,13,15)(H2,12,14,16). The maximum Gasteiger partial charge on any atom is 0.323 e. The fraction of sp³-hybridized carbons (Fsp3) is 0.600. The summed E-state index contributed by atoms with van der Waals surface area (Å²) >= 11 is 0. The SMILES string of the molecule is CCC(N)(CC)CNC(=O)c1c[nH]c(=O)[nH]1. The molecule has 0 aromatic carbocycles. The van der Waals surface area contributed by atoms with Crippen LogP contribution >= 0.6 is 0 Å². The number of rotatable bonds is 5. The van der Waals surface area contributed by atoms with Crippen LogP contribution in [0, 0.1) is 0 Å². The van der Waals surface area contributed by atoms with Gasteiger partial charge in [-0.1, -0.05) is 13.8 Å². The third kappa shape index (κ3) is 2.96. The van der Waals surface area contributed by atoms with Gasteiger partial charge in [0.15, 0.2) is 0 Å². The van der Waals surface area contributed by atoms with Crippen LogP contribution < -0.4 is 16.7 Å². The summed E-state index contributed by atoms with van der Waals surface area (Å²) in [4.78, 5) is 27.1. The number of carbonyl (C=O) groups is 1. The summed E-state index contributed by atoms with van der Waals surface area (Å²) in [6.07, 6.45) is 2.91. The average molecular weight is 226 g/mol. The molecule has 5 N–H and O–H groups in total. The lowest BCUT2D eigenvalue weighted by molar-refractivity contribution is 0.0937. The number of amides is 1. The zero-order valence-corrected chi connectivity index (χ0v) is 9.59. The summed E-state index contributed by atoms with van der Waals surface area (Å²) in [5.41, 5.74) is 5.48. The summed E-state index contributed by atoms with van der Waals surface area (Å²) in [5, 5.41) is 2.70. The number of hydrogen-bond acceptors (Lipinski definition) is 3. The highest BCUT2D eigenvalue weighted by Gasteiger charge is 2.21. The highest BCUT2D eigenvalue weighted by Crippen LogP contribution is 2.09. The van der Waals surface area contributed by atoms with Crippen LogP contribution in [-0.4, -0.2) is 28.0 Å². The van der Waals surface area contributed by atoms with Crippen LogP contribution in [0.25, 0.3) is 0 Å². The molecule has 1 rings (SSSR count). The molecule has 1 amide bonds. The Morgan fingerprint density at radius 3 is 2.56 bits per heavy atom. The van der Waals surface area contributed by atoms with Gasteiger partial charge in [0.1, 0.15) is 5.69 Å². The first-order valence-electron chi connectivity index (χ1n) is 5.35. The number of aromatic amines is 2. The summed E-state index contributed by atoms with van der Waals surface area (Å²) < 4.78 is 0. The van der Waals surface area contributed by atoms with Gasteiger partial charge in [0.2, 0.25) is 0 Å². The summed E-state index contributed by atoms with van der Waals surface area (Å²) in [6.45, 7) is 4.35. The molecule has 0 unspecified atom stereocenters. The molecule has 0 bridgehead atoms. The predicted molar refractivity (Wildman–Crippen MR) is 61.2 cm³/mol. The average Bonchev–Trinajstić information content (AvgIpc) is 2.72. The fourth-order valence-corrected chi connectivity index (χ4v) is 1.31. The topological polar surface area (TPSA) is 104 Å². The number of carbonyl (C=O) groups excluding carboxylic acids is 1. The highest BCUT2D eigenvalue weighted by atomic mass is 16.2. The molecule has 6 heteroatoms. The Hall–Kier alpha value is -1.56. The second-order valence-electron chi connectivity index (χ2n) is 3.91. The molecule has 0 spiro atoms. The molecule has 90 valence electrons. The second kappa shape index (κ2) is 4.98. The van der Waals surface area contributed by atoms with Crippen LogP contribution in [0.4, 0.5) is 0 Å². The third-order valence-electron chi connectivity index (χ3n) is 2.85. The van der Waals surface area contributed by atoms with Crippen molar-refractivity contribution in [3.8, 4) is 0 Å². The number of nitrogens with one attached hydrogen (secondary N) is 3. The van der Waals surface area contributed by atoms with Crippen molar-refractivity contribution < 1.29 is 4.79 Å². The predicted octanol–water partition coefficient (Wildman–Crippen LogP) is -0.0497. The Morgan fingerprint density at radius 1 is 1.50 bits per heavy atom. The number of imidazole rings is 1. The van der Waals surface area contributed by atoms with E-state index in [9.17, 15) is 9.59 Å². The van der Waals surface area contributed by atoms with Crippen LogP contribution in [-0.2, 0) is 0 Å². The van der Waals surface area contributed by atoms with Crippen LogP contribution in [0.3, 0.4) is 0 Å². The van der Waals surface area contributed by atoms with Crippen molar-refractivity contribution in [1.29, 1.82) is 0 Å². The number of aromatic nitrogens is 2. The molecule has 0 aliphatic heterocycles. The minimum absolute atomic E-state index is 0.222. The highest BCUT2D eigenvalue weighted by molar-refractivity contribution is 5.91. The Kier molecular flexibility index (Phi) is 3.89. The Labute approximate surface area is 93.6 Å². The lowest BCUT2D eigenvalue weighted by atomic mass is 9.94. The molecule has 0 saturated heterocycles. The van der Waals surface area contributed by atoms with Crippen LogP contribution in [0.1, 0.15) is 37.2 Å².